The third-order valence-corrected chi connectivity index (χ3v) is 7.17. The molecule has 34 heavy (non-hydrogen) atoms. The second-order valence-corrected chi connectivity index (χ2v) is 9.89. The van der Waals surface area contributed by atoms with Crippen molar-refractivity contribution in [3.63, 3.8) is 0 Å². The first kappa shape index (κ1) is 22.7. The van der Waals surface area contributed by atoms with E-state index in [0.29, 0.717) is 18.0 Å². The summed E-state index contributed by atoms with van der Waals surface area (Å²) in [6, 6.07) is 15.4. The van der Waals surface area contributed by atoms with Crippen molar-refractivity contribution in [2.24, 2.45) is 5.92 Å². The van der Waals surface area contributed by atoms with Crippen LogP contribution in [0.25, 0.3) is 10.9 Å². The van der Waals surface area contributed by atoms with E-state index < -0.39 is 6.04 Å². The highest BCUT2D eigenvalue weighted by atomic mass is 16.2. The Morgan fingerprint density at radius 3 is 2.65 bits per heavy atom. The maximum absolute atomic E-state index is 13.3. The van der Waals surface area contributed by atoms with Crippen molar-refractivity contribution in [2.75, 3.05) is 18.4 Å². The van der Waals surface area contributed by atoms with Gasteiger partial charge in [-0.05, 0) is 80.9 Å². The van der Waals surface area contributed by atoms with Crippen LogP contribution in [0, 0.1) is 12.8 Å². The quantitative estimate of drug-likeness (QED) is 0.422. The number of aromatic amines is 1. The zero-order valence-corrected chi connectivity index (χ0v) is 19.9. The molecule has 2 fully saturated rings. The van der Waals surface area contributed by atoms with Crippen molar-refractivity contribution in [3.05, 3.63) is 65.4 Å². The van der Waals surface area contributed by atoms with Crippen molar-refractivity contribution < 1.29 is 9.59 Å². The molecule has 1 saturated heterocycles. The average Bonchev–Trinajstić information content (AvgIpc) is 3.41. The molecule has 2 heterocycles. The van der Waals surface area contributed by atoms with Gasteiger partial charge in [0.05, 0.1) is 0 Å². The molecule has 0 spiro atoms. The minimum Gasteiger partial charge on any atom is -0.350 e. The fraction of sp³-hybridized carbons (Fsp3) is 0.429. The highest BCUT2D eigenvalue weighted by Crippen LogP contribution is 2.34. The molecule has 3 aromatic rings. The number of fused-ring (bicyclic) bond motifs is 1. The number of hydrogen-bond acceptors (Lipinski definition) is 3. The molecule has 1 atom stereocenters. The van der Waals surface area contributed by atoms with Gasteiger partial charge in [-0.2, -0.15) is 0 Å². The zero-order chi connectivity index (χ0) is 23.5. The molecule has 2 aliphatic rings. The van der Waals surface area contributed by atoms with Gasteiger partial charge in [0, 0.05) is 23.1 Å². The van der Waals surface area contributed by atoms with Crippen LogP contribution in [0.5, 0.6) is 0 Å². The van der Waals surface area contributed by atoms with Gasteiger partial charge in [0.2, 0.25) is 5.91 Å². The average molecular weight is 459 g/mol. The molecule has 2 amide bonds. The molecule has 1 aliphatic carbocycles. The molecule has 6 nitrogen and oxygen atoms in total. The topological polar surface area (TPSA) is 77.2 Å². The summed E-state index contributed by atoms with van der Waals surface area (Å²) >= 11 is 0. The largest absolute Gasteiger partial charge is 0.350 e. The number of rotatable bonds is 9. The number of para-hydroxylation sites is 1. The van der Waals surface area contributed by atoms with Crippen molar-refractivity contribution in [1.29, 1.82) is 0 Å². The third kappa shape index (κ3) is 5.33. The summed E-state index contributed by atoms with van der Waals surface area (Å²) in [5.41, 5.74) is 4.35. The summed E-state index contributed by atoms with van der Waals surface area (Å²) in [4.78, 5) is 32.1. The maximum Gasteiger partial charge on any atom is 0.268 e. The number of likely N-dealkylation sites (tertiary alicyclic amines) is 1. The molecule has 1 unspecified atom stereocenters. The molecule has 1 aliphatic heterocycles. The number of amides is 2. The van der Waals surface area contributed by atoms with Gasteiger partial charge in [0.1, 0.15) is 11.7 Å². The summed E-state index contributed by atoms with van der Waals surface area (Å²) in [6.07, 6.45) is 6.57. The monoisotopic (exact) mass is 458 g/mol. The standard InChI is InChI=1S/C28H34N4O2/c1-19-23-9-2-3-10-24(23)30-26(19)28(34)31-25(14-13-20-11-12-20)27(33)29-22-8-6-7-21(17-22)18-32-15-4-5-16-32/h2-3,6-10,17,20,25,30H,4-5,11-16,18H2,1H3,(H,29,33)(H,31,34). The molecular formula is C28H34N4O2. The van der Waals surface area contributed by atoms with E-state index >= 15 is 0 Å². The minimum absolute atomic E-state index is 0.152. The summed E-state index contributed by atoms with van der Waals surface area (Å²) < 4.78 is 0. The fourth-order valence-corrected chi connectivity index (χ4v) is 4.99. The van der Waals surface area contributed by atoms with Gasteiger partial charge in [0.15, 0.2) is 0 Å². The van der Waals surface area contributed by atoms with Crippen LogP contribution in [0.1, 0.15) is 60.1 Å². The van der Waals surface area contributed by atoms with Gasteiger partial charge < -0.3 is 15.6 Å². The summed E-state index contributed by atoms with van der Waals surface area (Å²) in [5, 5.41) is 7.12. The summed E-state index contributed by atoms with van der Waals surface area (Å²) in [5.74, 6) is 0.305. The minimum atomic E-state index is -0.568. The van der Waals surface area contributed by atoms with Crippen LogP contribution in [0.2, 0.25) is 0 Å². The van der Waals surface area contributed by atoms with Gasteiger partial charge in [0.25, 0.3) is 5.91 Å². The van der Waals surface area contributed by atoms with Gasteiger partial charge in [-0.1, -0.05) is 43.2 Å². The number of benzene rings is 2. The number of nitrogens with zero attached hydrogens (tertiary/aromatic N) is 1. The molecule has 2 aromatic carbocycles. The third-order valence-electron chi connectivity index (χ3n) is 7.17. The van der Waals surface area contributed by atoms with E-state index in [1.807, 2.05) is 43.3 Å². The summed E-state index contributed by atoms with van der Waals surface area (Å²) in [6.45, 7) is 5.13. The smallest absolute Gasteiger partial charge is 0.268 e. The molecule has 1 saturated carbocycles. The van der Waals surface area contributed by atoms with E-state index in [9.17, 15) is 9.59 Å². The first-order valence-corrected chi connectivity index (χ1v) is 12.6. The lowest BCUT2D eigenvalue weighted by Crippen LogP contribution is -2.44. The Morgan fingerprint density at radius 1 is 1.09 bits per heavy atom. The van der Waals surface area contributed by atoms with E-state index in [1.54, 1.807) is 0 Å². The van der Waals surface area contributed by atoms with Crippen molar-refractivity contribution in [3.8, 4) is 0 Å². The molecular weight excluding hydrogens is 424 g/mol. The Labute approximate surface area is 201 Å². The van der Waals surface area contributed by atoms with E-state index in [4.69, 9.17) is 0 Å². The lowest BCUT2D eigenvalue weighted by Gasteiger charge is -2.19. The lowest BCUT2D eigenvalue weighted by atomic mass is 10.1. The zero-order valence-electron chi connectivity index (χ0n) is 19.9. The van der Waals surface area contributed by atoms with Crippen LogP contribution in [-0.4, -0.2) is 40.8 Å². The molecule has 6 heteroatoms. The van der Waals surface area contributed by atoms with Gasteiger partial charge in [-0.25, -0.2) is 0 Å². The number of aryl methyl sites for hydroxylation is 1. The van der Waals surface area contributed by atoms with Gasteiger partial charge in [-0.15, -0.1) is 0 Å². The first-order chi connectivity index (χ1) is 16.6. The molecule has 3 N–H and O–H groups in total. The molecule has 1 aromatic heterocycles. The highest BCUT2D eigenvalue weighted by molar-refractivity contribution is 6.04. The van der Waals surface area contributed by atoms with E-state index in [-0.39, 0.29) is 11.8 Å². The van der Waals surface area contributed by atoms with Crippen molar-refractivity contribution in [1.82, 2.24) is 15.2 Å². The SMILES string of the molecule is Cc1c(C(=O)NC(CCC2CC2)C(=O)Nc2cccc(CN3CCCC3)c2)[nH]c2ccccc12. The second kappa shape index (κ2) is 10.0. The molecule has 0 bridgehead atoms. The number of anilines is 1. The molecule has 178 valence electrons. The van der Waals surface area contributed by atoms with E-state index in [2.05, 4.69) is 32.7 Å². The van der Waals surface area contributed by atoms with Crippen LogP contribution < -0.4 is 10.6 Å². The summed E-state index contributed by atoms with van der Waals surface area (Å²) in [7, 11) is 0. The van der Waals surface area contributed by atoms with Gasteiger partial charge in [-0.3, -0.25) is 14.5 Å². The Balaban J connectivity index is 1.28. The van der Waals surface area contributed by atoms with Crippen LogP contribution in [0.15, 0.2) is 48.5 Å². The second-order valence-electron chi connectivity index (χ2n) is 9.89. The van der Waals surface area contributed by atoms with Crippen LogP contribution in [0.4, 0.5) is 5.69 Å². The predicted molar refractivity (Wildman–Crippen MR) is 136 cm³/mol. The Bertz CT molecular complexity index is 1170. The molecule has 0 radical (unpaired) electrons. The van der Waals surface area contributed by atoms with Crippen LogP contribution >= 0.6 is 0 Å². The Hall–Kier alpha value is -3.12. The number of carbonyl (C=O) groups excluding carboxylic acids is 2. The normalized spacial score (nSPS) is 17.1. The lowest BCUT2D eigenvalue weighted by molar-refractivity contribution is -0.118. The Morgan fingerprint density at radius 2 is 1.88 bits per heavy atom. The van der Waals surface area contributed by atoms with E-state index in [0.717, 1.165) is 48.2 Å². The number of hydrogen-bond donors (Lipinski definition) is 3. The van der Waals surface area contributed by atoms with E-state index in [1.165, 1.54) is 31.2 Å². The Kier molecular flexibility index (Phi) is 6.68. The first-order valence-electron chi connectivity index (χ1n) is 12.6. The van der Waals surface area contributed by atoms with Crippen LogP contribution in [-0.2, 0) is 11.3 Å². The number of carbonyl (C=O) groups is 2. The number of H-pyrrole nitrogens is 1. The van der Waals surface area contributed by atoms with Gasteiger partial charge >= 0.3 is 0 Å². The highest BCUT2D eigenvalue weighted by Gasteiger charge is 2.28. The van der Waals surface area contributed by atoms with Crippen LogP contribution in [0.3, 0.4) is 0 Å². The predicted octanol–water partition coefficient (Wildman–Crippen LogP) is 5.00. The van der Waals surface area contributed by atoms with Crippen molar-refractivity contribution in [2.45, 2.75) is 58.0 Å². The maximum atomic E-state index is 13.3. The van der Waals surface area contributed by atoms with Crippen molar-refractivity contribution >= 4 is 28.4 Å². The molecule has 5 rings (SSSR count). The number of aromatic nitrogens is 1. The fourth-order valence-electron chi connectivity index (χ4n) is 4.99. The number of nitrogens with one attached hydrogen (secondary N) is 3.